The maximum absolute atomic E-state index is 13.2. The molecular formula is C23H25FN4O4S. The zero-order chi connectivity index (χ0) is 23.7. The van der Waals surface area contributed by atoms with Crippen LogP contribution in [0.15, 0.2) is 35.3 Å². The highest BCUT2D eigenvalue weighted by molar-refractivity contribution is 7.14. The van der Waals surface area contributed by atoms with Crippen molar-refractivity contribution in [1.29, 1.82) is 0 Å². The van der Waals surface area contributed by atoms with E-state index in [9.17, 15) is 19.1 Å². The first-order chi connectivity index (χ1) is 15.8. The summed E-state index contributed by atoms with van der Waals surface area (Å²) in [7, 11) is 1.61. The summed E-state index contributed by atoms with van der Waals surface area (Å²) in [6.45, 7) is 5.23. The van der Waals surface area contributed by atoms with Crippen molar-refractivity contribution < 1.29 is 19.0 Å². The number of amides is 1. The van der Waals surface area contributed by atoms with Gasteiger partial charge in [0.05, 0.1) is 18.2 Å². The lowest BCUT2D eigenvalue weighted by Gasteiger charge is -2.38. The van der Waals surface area contributed by atoms with Crippen LogP contribution in [0.1, 0.15) is 40.9 Å². The SMILES string of the molecule is CCN1C[C@H]([C@H](C)COC)n2cc(-c3nnc(Cc4ccc(F)cc4)s3)c(=O)c(O)c2C1=O. The average Bonchev–Trinajstić information content (AvgIpc) is 3.26. The number of benzene rings is 1. The Labute approximate surface area is 194 Å². The first-order valence-electron chi connectivity index (χ1n) is 10.7. The topological polar surface area (TPSA) is 97.6 Å². The molecule has 1 aliphatic rings. The fourth-order valence-electron chi connectivity index (χ4n) is 4.10. The number of hydrogen-bond donors (Lipinski definition) is 1. The predicted molar refractivity (Wildman–Crippen MR) is 122 cm³/mol. The molecule has 4 rings (SSSR count). The second kappa shape index (κ2) is 9.40. The zero-order valence-corrected chi connectivity index (χ0v) is 19.4. The van der Waals surface area contributed by atoms with Gasteiger partial charge in [0.25, 0.3) is 5.91 Å². The van der Waals surface area contributed by atoms with Gasteiger partial charge in [0, 0.05) is 38.7 Å². The van der Waals surface area contributed by atoms with E-state index in [2.05, 4.69) is 10.2 Å². The van der Waals surface area contributed by atoms with Crippen molar-refractivity contribution >= 4 is 17.2 Å². The van der Waals surface area contributed by atoms with Crippen molar-refractivity contribution in [2.75, 3.05) is 26.8 Å². The molecule has 0 bridgehead atoms. The molecule has 0 saturated carbocycles. The Bertz CT molecular complexity index is 1220. The molecular weight excluding hydrogens is 447 g/mol. The largest absolute Gasteiger partial charge is 0.503 e. The monoisotopic (exact) mass is 472 g/mol. The first-order valence-corrected chi connectivity index (χ1v) is 11.5. The van der Waals surface area contributed by atoms with E-state index in [4.69, 9.17) is 4.74 Å². The molecule has 0 radical (unpaired) electrons. The summed E-state index contributed by atoms with van der Waals surface area (Å²) in [5.41, 5.74) is 0.380. The van der Waals surface area contributed by atoms with Gasteiger partial charge in [-0.15, -0.1) is 10.2 Å². The van der Waals surface area contributed by atoms with Crippen molar-refractivity contribution in [3.05, 3.63) is 62.8 Å². The Balaban J connectivity index is 1.75. The van der Waals surface area contributed by atoms with Gasteiger partial charge in [-0.05, 0) is 24.6 Å². The maximum Gasteiger partial charge on any atom is 0.274 e. The van der Waals surface area contributed by atoms with Crippen LogP contribution in [0.25, 0.3) is 10.6 Å². The molecule has 0 spiro atoms. The number of aromatic hydroxyl groups is 1. The predicted octanol–water partition coefficient (Wildman–Crippen LogP) is 3.10. The van der Waals surface area contributed by atoms with Crippen LogP contribution in [0.3, 0.4) is 0 Å². The summed E-state index contributed by atoms with van der Waals surface area (Å²) in [4.78, 5) is 27.6. The molecule has 10 heteroatoms. The summed E-state index contributed by atoms with van der Waals surface area (Å²) in [6, 6.07) is 5.91. The van der Waals surface area contributed by atoms with Gasteiger partial charge in [-0.3, -0.25) is 9.59 Å². The smallest absolute Gasteiger partial charge is 0.274 e. The van der Waals surface area contributed by atoms with Gasteiger partial charge in [-0.2, -0.15) is 0 Å². The minimum Gasteiger partial charge on any atom is -0.503 e. The fraction of sp³-hybridized carbons (Fsp3) is 0.391. The molecule has 3 aromatic rings. The Morgan fingerprint density at radius 3 is 2.67 bits per heavy atom. The third-order valence-corrected chi connectivity index (χ3v) is 6.86. The number of hydrogen-bond acceptors (Lipinski definition) is 7. The van der Waals surface area contributed by atoms with Crippen LogP contribution in [0.2, 0.25) is 0 Å². The molecule has 0 unspecified atom stereocenters. The Morgan fingerprint density at radius 2 is 2.00 bits per heavy atom. The molecule has 0 fully saturated rings. The van der Waals surface area contributed by atoms with Gasteiger partial charge in [0.1, 0.15) is 10.8 Å². The molecule has 1 N–H and O–H groups in total. The normalized spacial score (nSPS) is 16.7. The van der Waals surface area contributed by atoms with Gasteiger partial charge in [0.15, 0.2) is 16.5 Å². The molecule has 8 nitrogen and oxygen atoms in total. The van der Waals surface area contributed by atoms with E-state index in [1.807, 2.05) is 13.8 Å². The lowest BCUT2D eigenvalue weighted by molar-refractivity contribution is 0.0574. The quantitative estimate of drug-likeness (QED) is 0.568. The Hall–Kier alpha value is -3.11. The molecule has 0 saturated heterocycles. The van der Waals surface area contributed by atoms with E-state index in [-0.39, 0.29) is 34.9 Å². The Morgan fingerprint density at radius 1 is 1.27 bits per heavy atom. The standard InChI is InChI=1S/C23H25FN4O4S/c1-4-27-11-17(13(2)12-32-3)28-10-16(20(29)21(30)19(28)23(27)31)22-26-25-18(33-22)9-14-5-7-15(24)8-6-14/h5-8,10,13,17,30H,4,9,11-12H2,1-3H3/t13-,17-/m1/s1. The molecule has 3 heterocycles. The van der Waals surface area contributed by atoms with E-state index in [0.29, 0.717) is 36.1 Å². The van der Waals surface area contributed by atoms with Crippen LogP contribution < -0.4 is 5.43 Å². The number of ether oxygens (including phenoxy) is 1. The van der Waals surface area contributed by atoms with E-state index in [1.165, 1.54) is 23.5 Å². The minimum absolute atomic E-state index is 0.0131. The van der Waals surface area contributed by atoms with E-state index in [1.54, 1.807) is 34.9 Å². The lowest BCUT2D eigenvalue weighted by atomic mass is 9.97. The summed E-state index contributed by atoms with van der Waals surface area (Å²) in [5.74, 6) is -1.26. The number of methoxy groups -OCH3 is 1. The Kier molecular flexibility index (Phi) is 6.57. The zero-order valence-electron chi connectivity index (χ0n) is 18.6. The van der Waals surface area contributed by atoms with Crippen molar-refractivity contribution in [2.24, 2.45) is 5.92 Å². The van der Waals surface area contributed by atoms with Gasteiger partial charge < -0.3 is 19.3 Å². The van der Waals surface area contributed by atoms with Crippen LogP contribution in [-0.4, -0.2) is 57.5 Å². The number of halogens is 1. The van der Waals surface area contributed by atoms with Crippen LogP contribution in [-0.2, 0) is 11.2 Å². The number of fused-ring (bicyclic) bond motifs is 1. The molecule has 2 atom stereocenters. The maximum atomic E-state index is 13.2. The van der Waals surface area contributed by atoms with Crippen LogP contribution in [0, 0.1) is 11.7 Å². The fourth-order valence-corrected chi connectivity index (χ4v) is 4.98. The highest BCUT2D eigenvalue weighted by atomic mass is 32.1. The van der Waals surface area contributed by atoms with Crippen molar-refractivity contribution in [1.82, 2.24) is 19.7 Å². The number of carbonyl (C=O) groups is 1. The van der Waals surface area contributed by atoms with Crippen molar-refractivity contribution in [2.45, 2.75) is 26.3 Å². The summed E-state index contributed by atoms with van der Waals surface area (Å²) in [5, 5.41) is 20.1. The average molecular weight is 473 g/mol. The van der Waals surface area contributed by atoms with Crippen molar-refractivity contribution in [3.8, 4) is 16.3 Å². The van der Waals surface area contributed by atoms with E-state index < -0.39 is 11.2 Å². The second-order valence-corrected chi connectivity index (χ2v) is 9.19. The van der Waals surface area contributed by atoms with Crippen LogP contribution >= 0.6 is 11.3 Å². The van der Waals surface area contributed by atoms with Crippen LogP contribution in [0.5, 0.6) is 5.75 Å². The van der Waals surface area contributed by atoms with Crippen molar-refractivity contribution in [3.63, 3.8) is 0 Å². The van der Waals surface area contributed by atoms with Gasteiger partial charge in [-0.25, -0.2) is 4.39 Å². The molecule has 1 aliphatic heterocycles. The molecule has 0 aliphatic carbocycles. The highest BCUT2D eigenvalue weighted by Crippen LogP contribution is 2.33. The third-order valence-electron chi connectivity index (χ3n) is 5.90. The van der Waals surface area contributed by atoms with E-state index in [0.717, 1.165) is 5.56 Å². The van der Waals surface area contributed by atoms with Gasteiger partial charge in [-0.1, -0.05) is 30.4 Å². The number of nitrogens with zero attached hydrogens (tertiary/aromatic N) is 4. The van der Waals surface area contributed by atoms with Gasteiger partial charge >= 0.3 is 0 Å². The van der Waals surface area contributed by atoms with Gasteiger partial charge in [0.2, 0.25) is 5.43 Å². The second-order valence-electron chi connectivity index (χ2n) is 8.12. The summed E-state index contributed by atoms with van der Waals surface area (Å²) in [6.07, 6.45) is 2.04. The molecule has 33 heavy (non-hydrogen) atoms. The summed E-state index contributed by atoms with van der Waals surface area (Å²) < 4.78 is 20.2. The summed E-state index contributed by atoms with van der Waals surface area (Å²) >= 11 is 1.22. The number of aromatic nitrogens is 3. The molecule has 1 aromatic carbocycles. The molecule has 1 amide bonds. The highest BCUT2D eigenvalue weighted by Gasteiger charge is 2.36. The lowest BCUT2D eigenvalue weighted by Crippen LogP contribution is -2.46. The third kappa shape index (κ3) is 4.40. The number of carbonyl (C=O) groups excluding carboxylic acids is 1. The number of likely N-dealkylation sites (N-methyl/N-ethyl adjacent to an activating group) is 1. The number of rotatable bonds is 7. The van der Waals surface area contributed by atoms with Crippen LogP contribution in [0.4, 0.5) is 4.39 Å². The van der Waals surface area contributed by atoms with E-state index >= 15 is 0 Å². The molecule has 174 valence electrons. The minimum atomic E-state index is -0.657. The first kappa shape index (κ1) is 23.1. The molecule has 2 aromatic heterocycles. The number of pyridine rings is 1.